The van der Waals surface area contributed by atoms with Crippen molar-refractivity contribution in [2.24, 2.45) is 0 Å². The molecule has 0 aliphatic carbocycles. The van der Waals surface area contributed by atoms with Crippen molar-refractivity contribution in [2.75, 3.05) is 31.2 Å². The van der Waals surface area contributed by atoms with Gasteiger partial charge in [0.15, 0.2) is 0 Å². The molecular weight excluding hydrogens is 401 g/mol. The molecule has 2 aromatic heterocycles. The van der Waals surface area contributed by atoms with Crippen molar-refractivity contribution < 1.29 is 13.9 Å². The summed E-state index contributed by atoms with van der Waals surface area (Å²) >= 11 is 0. The summed E-state index contributed by atoms with van der Waals surface area (Å²) in [7, 11) is 0. The molecular formula is C22H22FN5O3. The summed E-state index contributed by atoms with van der Waals surface area (Å²) < 4.78 is 18.8. The fourth-order valence-corrected chi connectivity index (χ4v) is 3.41. The number of aromatic nitrogens is 3. The van der Waals surface area contributed by atoms with Crippen LogP contribution in [0.15, 0.2) is 59.5 Å². The molecule has 0 bridgehead atoms. The molecule has 0 radical (unpaired) electrons. The van der Waals surface area contributed by atoms with Gasteiger partial charge in [-0.05, 0) is 29.8 Å². The number of hydrogen-bond donors (Lipinski definition) is 2. The van der Waals surface area contributed by atoms with Crippen molar-refractivity contribution in [2.45, 2.75) is 12.5 Å². The third kappa shape index (κ3) is 5.32. The van der Waals surface area contributed by atoms with Gasteiger partial charge < -0.3 is 15.0 Å². The van der Waals surface area contributed by atoms with E-state index in [1.807, 2.05) is 4.90 Å². The third-order valence-corrected chi connectivity index (χ3v) is 4.98. The van der Waals surface area contributed by atoms with E-state index in [0.29, 0.717) is 43.5 Å². The lowest BCUT2D eigenvalue weighted by atomic mass is 10.0. The number of rotatable bonds is 6. The molecule has 1 aliphatic heterocycles. The van der Waals surface area contributed by atoms with Crippen LogP contribution >= 0.6 is 0 Å². The Hall–Kier alpha value is -3.59. The third-order valence-electron chi connectivity index (χ3n) is 4.98. The first-order valence-corrected chi connectivity index (χ1v) is 9.99. The number of pyridine rings is 1. The number of nitrogens with one attached hydrogen (secondary N) is 2. The van der Waals surface area contributed by atoms with E-state index in [4.69, 9.17) is 4.74 Å². The molecule has 1 saturated heterocycles. The number of hydrogen-bond acceptors (Lipinski definition) is 6. The first-order valence-electron chi connectivity index (χ1n) is 9.99. The Labute approximate surface area is 178 Å². The zero-order chi connectivity index (χ0) is 21.6. The van der Waals surface area contributed by atoms with E-state index >= 15 is 0 Å². The van der Waals surface area contributed by atoms with Gasteiger partial charge in [0.1, 0.15) is 11.5 Å². The lowest BCUT2D eigenvalue weighted by Gasteiger charge is -2.27. The molecule has 1 aromatic carbocycles. The maximum atomic E-state index is 13.4. The SMILES string of the molecule is O=C(N[C@H](Cc1cc(=O)[nH]c(N2CCOCC2)n1)c1ccc(F)cc1)c1ccccn1. The summed E-state index contributed by atoms with van der Waals surface area (Å²) in [5.74, 6) is -0.268. The van der Waals surface area contributed by atoms with Crippen molar-refractivity contribution in [1.82, 2.24) is 20.3 Å². The molecule has 160 valence electrons. The molecule has 9 heteroatoms. The Morgan fingerprint density at radius 2 is 1.97 bits per heavy atom. The highest BCUT2D eigenvalue weighted by Crippen LogP contribution is 2.20. The van der Waals surface area contributed by atoms with Crippen molar-refractivity contribution in [3.8, 4) is 0 Å². The number of amides is 1. The Bertz CT molecular complexity index is 1080. The predicted molar refractivity (Wildman–Crippen MR) is 112 cm³/mol. The van der Waals surface area contributed by atoms with Gasteiger partial charge in [0, 0.05) is 31.8 Å². The number of anilines is 1. The number of ether oxygens (including phenoxy) is 1. The maximum absolute atomic E-state index is 13.4. The second-order valence-corrected chi connectivity index (χ2v) is 7.16. The van der Waals surface area contributed by atoms with Crippen LogP contribution in [0.2, 0.25) is 0 Å². The molecule has 0 saturated carbocycles. The molecule has 3 heterocycles. The summed E-state index contributed by atoms with van der Waals surface area (Å²) in [6.07, 6.45) is 1.79. The van der Waals surface area contributed by atoms with E-state index in [-0.39, 0.29) is 29.4 Å². The van der Waals surface area contributed by atoms with Gasteiger partial charge in [0.25, 0.3) is 11.5 Å². The van der Waals surface area contributed by atoms with Crippen molar-refractivity contribution in [1.29, 1.82) is 0 Å². The van der Waals surface area contributed by atoms with Crippen LogP contribution < -0.4 is 15.8 Å². The van der Waals surface area contributed by atoms with Crippen LogP contribution in [-0.2, 0) is 11.2 Å². The van der Waals surface area contributed by atoms with E-state index in [1.54, 1.807) is 30.3 Å². The summed E-state index contributed by atoms with van der Waals surface area (Å²) in [6.45, 7) is 2.38. The van der Waals surface area contributed by atoms with Crippen LogP contribution in [0.4, 0.5) is 10.3 Å². The number of aromatic amines is 1. The number of H-pyrrole nitrogens is 1. The zero-order valence-corrected chi connectivity index (χ0v) is 16.8. The lowest BCUT2D eigenvalue weighted by molar-refractivity contribution is 0.0931. The molecule has 31 heavy (non-hydrogen) atoms. The molecule has 0 spiro atoms. The quantitative estimate of drug-likeness (QED) is 0.628. The van der Waals surface area contributed by atoms with Gasteiger partial charge in [-0.25, -0.2) is 9.37 Å². The largest absolute Gasteiger partial charge is 0.378 e. The average molecular weight is 423 g/mol. The molecule has 1 atom stereocenters. The first kappa shape index (κ1) is 20.7. The van der Waals surface area contributed by atoms with Crippen molar-refractivity contribution in [3.05, 3.63) is 87.9 Å². The van der Waals surface area contributed by atoms with Gasteiger partial charge in [0.05, 0.1) is 24.9 Å². The smallest absolute Gasteiger partial charge is 0.270 e. The first-order chi connectivity index (χ1) is 15.1. The molecule has 1 aliphatic rings. The lowest BCUT2D eigenvalue weighted by Crippen LogP contribution is -2.38. The minimum Gasteiger partial charge on any atom is -0.378 e. The molecule has 2 N–H and O–H groups in total. The van der Waals surface area contributed by atoms with E-state index in [2.05, 4.69) is 20.3 Å². The van der Waals surface area contributed by atoms with E-state index < -0.39 is 6.04 Å². The molecule has 3 aromatic rings. The number of morpholine rings is 1. The Morgan fingerprint density at radius 1 is 1.19 bits per heavy atom. The Kier molecular flexibility index (Phi) is 6.32. The Balaban J connectivity index is 1.61. The van der Waals surface area contributed by atoms with E-state index in [0.717, 1.165) is 0 Å². The van der Waals surface area contributed by atoms with E-state index in [1.165, 1.54) is 24.4 Å². The fraction of sp³-hybridized carbons (Fsp3) is 0.273. The van der Waals surface area contributed by atoms with Gasteiger partial charge >= 0.3 is 0 Å². The summed E-state index contributed by atoms with van der Waals surface area (Å²) in [4.78, 5) is 38.4. The van der Waals surface area contributed by atoms with Crippen LogP contribution in [0.3, 0.4) is 0 Å². The van der Waals surface area contributed by atoms with Crippen LogP contribution in [0.5, 0.6) is 0 Å². The van der Waals surface area contributed by atoms with Crippen molar-refractivity contribution in [3.63, 3.8) is 0 Å². The summed E-state index contributed by atoms with van der Waals surface area (Å²) in [5.41, 5.74) is 1.20. The number of nitrogens with zero attached hydrogens (tertiary/aromatic N) is 3. The fourth-order valence-electron chi connectivity index (χ4n) is 3.41. The second-order valence-electron chi connectivity index (χ2n) is 7.16. The highest BCUT2D eigenvalue weighted by molar-refractivity contribution is 5.92. The number of carbonyl (C=O) groups is 1. The second kappa shape index (κ2) is 9.48. The molecule has 1 amide bonds. The molecule has 8 nitrogen and oxygen atoms in total. The van der Waals surface area contributed by atoms with Gasteiger partial charge in [-0.3, -0.25) is 19.6 Å². The standard InChI is InChI=1S/C22H22FN5O3/c23-16-6-4-15(5-7-16)19(26-21(30)18-3-1-2-8-24-18)13-17-14-20(29)27-22(25-17)28-9-11-31-12-10-28/h1-8,14,19H,9-13H2,(H,26,30)(H,25,27,29)/t19-/m1/s1. The minimum atomic E-state index is -0.526. The van der Waals surface area contributed by atoms with Gasteiger partial charge in [-0.2, -0.15) is 0 Å². The summed E-state index contributed by atoms with van der Waals surface area (Å²) in [6, 6.07) is 11.8. The van der Waals surface area contributed by atoms with Gasteiger partial charge in [-0.15, -0.1) is 0 Å². The summed E-state index contributed by atoms with van der Waals surface area (Å²) in [5, 5.41) is 2.93. The van der Waals surface area contributed by atoms with Crippen LogP contribution in [0.1, 0.15) is 27.8 Å². The number of halogens is 1. The highest BCUT2D eigenvalue weighted by Gasteiger charge is 2.20. The number of carbonyl (C=O) groups excluding carboxylic acids is 1. The maximum Gasteiger partial charge on any atom is 0.270 e. The van der Waals surface area contributed by atoms with Crippen LogP contribution in [0, 0.1) is 5.82 Å². The molecule has 4 rings (SSSR count). The number of benzene rings is 1. The normalized spacial score (nSPS) is 14.8. The minimum absolute atomic E-state index is 0.255. The topological polar surface area (TPSA) is 100 Å². The monoisotopic (exact) mass is 423 g/mol. The predicted octanol–water partition coefficient (Wildman–Crippen LogP) is 1.85. The average Bonchev–Trinajstić information content (AvgIpc) is 2.80. The Morgan fingerprint density at radius 3 is 2.68 bits per heavy atom. The highest BCUT2D eigenvalue weighted by atomic mass is 19.1. The molecule has 1 fully saturated rings. The van der Waals surface area contributed by atoms with Crippen LogP contribution in [-0.4, -0.2) is 47.2 Å². The van der Waals surface area contributed by atoms with Gasteiger partial charge in [-0.1, -0.05) is 18.2 Å². The van der Waals surface area contributed by atoms with Crippen molar-refractivity contribution >= 4 is 11.9 Å². The zero-order valence-electron chi connectivity index (χ0n) is 16.8. The van der Waals surface area contributed by atoms with Gasteiger partial charge in [0.2, 0.25) is 5.95 Å². The van der Waals surface area contributed by atoms with E-state index in [9.17, 15) is 14.0 Å². The molecule has 0 unspecified atom stereocenters. The van der Waals surface area contributed by atoms with Crippen LogP contribution in [0.25, 0.3) is 0 Å².